The zero-order valence-electron chi connectivity index (χ0n) is 12.1. The van der Waals surface area contributed by atoms with Crippen LogP contribution in [0.1, 0.15) is 45.9 Å². The van der Waals surface area contributed by atoms with Crippen molar-refractivity contribution in [1.29, 1.82) is 0 Å². The van der Waals surface area contributed by atoms with Crippen LogP contribution < -0.4 is 5.32 Å². The molecular weight excluding hydrogens is 241 g/mol. The number of fused-ring (bicyclic) bond motifs is 1. The van der Waals surface area contributed by atoms with Gasteiger partial charge in [0.2, 0.25) is 0 Å². The van der Waals surface area contributed by atoms with Crippen LogP contribution in [0.5, 0.6) is 0 Å². The van der Waals surface area contributed by atoms with E-state index >= 15 is 0 Å². The van der Waals surface area contributed by atoms with Crippen LogP contribution in [-0.4, -0.2) is 6.54 Å². The van der Waals surface area contributed by atoms with E-state index in [1.807, 2.05) is 12.1 Å². The van der Waals surface area contributed by atoms with Crippen molar-refractivity contribution in [3.05, 3.63) is 35.8 Å². The van der Waals surface area contributed by atoms with Crippen LogP contribution in [-0.2, 0) is 0 Å². The molecule has 0 amide bonds. The molecule has 0 bridgehead atoms. The molecule has 3 heteroatoms. The summed E-state index contributed by atoms with van der Waals surface area (Å²) < 4.78 is 19.4. The number of hydrogen-bond donors (Lipinski definition) is 1. The van der Waals surface area contributed by atoms with Crippen LogP contribution in [0, 0.1) is 11.2 Å². The molecule has 0 spiro atoms. The fourth-order valence-corrected chi connectivity index (χ4v) is 2.35. The van der Waals surface area contributed by atoms with Crippen molar-refractivity contribution in [3.63, 3.8) is 0 Å². The minimum Gasteiger partial charge on any atom is -0.456 e. The van der Waals surface area contributed by atoms with Gasteiger partial charge >= 0.3 is 0 Å². The van der Waals surface area contributed by atoms with Gasteiger partial charge in [0.05, 0.1) is 6.04 Å². The number of nitrogens with one attached hydrogen (secondary N) is 1. The smallest absolute Gasteiger partial charge is 0.169 e. The fraction of sp³-hybridized carbons (Fsp3) is 0.500. The van der Waals surface area contributed by atoms with Gasteiger partial charge in [-0.15, -0.1) is 0 Å². The summed E-state index contributed by atoms with van der Waals surface area (Å²) in [6, 6.07) is 7.09. The van der Waals surface area contributed by atoms with E-state index in [9.17, 15) is 4.39 Å². The Hall–Kier alpha value is -1.35. The predicted molar refractivity (Wildman–Crippen MR) is 76.7 cm³/mol. The summed E-state index contributed by atoms with van der Waals surface area (Å²) in [6.07, 6.45) is 0.947. The molecule has 104 valence electrons. The van der Waals surface area contributed by atoms with Crippen molar-refractivity contribution in [2.75, 3.05) is 6.54 Å². The Balaban J connectivity index is 2.36. The maximum Gasteiger partial charge on any atom is 0.169 e. The molecule has 2 rings (SSSR count). The second-order valence-electron chi connectivity index (χ2n) is 6.18. The largest absolute Gasteiger partial charge is 0.456 e. The Morgan fingerprint density at radius 3 is 2.63 bits per heavy atom. The molecule has 2 nitrogen and oxygen atoms in total. The molecule has 0 radical (unpaired) electrons. The lowest BCUT2D eigenvalue weighted by atomic mass is 9.87. The summed E-state index contributed by atoms with van der Waals surface area (Å²) in [5, 5.41) is 4.25. The topological polar surface area (TPSA) is 25.2 Å². The average molecular weight is 263 g/mol. The van der Waals surface area contributed by atoms with E-state index in [4.69, 9.17) is 4.42 Å². The van der Waals surface area contributed by atoms with Gasteiger partial charge < -0.3 is 9.73 Å². The number of hydrogen-bond acceptors (Lipinski definition) is 2. The van der Waals surface area contributed by atoms with E-state index in [0.29, 0.717) is 5.58 Å². The normalized spacial score (nSPS) is 13.9. The lowest BCUT2D eigenvalue weighted by Gasteiger charge is -2.25. The van der Waals surface area contributed by atoms with Crippen LogP contribution in [0.25, 0.3) is 11.0 Å². The summed E-state index contributed by atoms with van der Waals surface area (Å²) in [5.74, 6) is 0.520. The molecule has 1 unspecified atom stereocenters. The lowest BCUT2D eigenvalue weighted by molar-refractivity contribution is 0.289. The Morgan fingerprint density at radius 2 is 2.05 bits per heavy atom. The monoisotopic (exact) mass is 263 g/mol. The molecule has 1 heterocycles. The van der Waals surface area contributed by atoms with Gasteiger partial charge in [0.15, 0.2) is 11.4 Å². The number of furan rings is 1. The van der Waals surface area contributed by atoms with E-state index in [2.05, 4.69) is 33.0 Å². The first-order chi connectivity index (χ1) is 8.90. The first-order valence-electron chi connectivity index (χ1n) is 6.82. The van der Waals surface area contributed by atoms with Gasteiger partial charge in [0.25, 0.3) is 0 Å². The highest BCUT2D eigenvalue weighted by molar-refractivity contribution is 5.78. The Kier molecular flexibility index (Phi) is 3.95. The third kappa shape index (κ3) is 3.35. The van der Waals surface area contributed by atoms with Crippen LogP contribution in [0.3, 0.4) is 0 Å². The SMILES string of the molecule is CCNC(CC(C)(C)C)c1cc2cccc(F)c2o1. The molecule has 1 aromatic heterocycles. The van der Waals surface area contributed by atoms with Crippen molar-refractivity contribution >= 4 is 11.0 Å². The number of halogens is 1. The van der Waals surface area contributed by atoms with Crippen molar-refractivity contribution in [1.82, 2.24) is 5.32 Å². The minimum atomic E-state index is -0.297. The number of benzene rings is 1. The summed E-state index contributed by atoms with van der Waals surface area (Å²) in [4.78, 5) is 0. The number of rotatable bonds is 4. The molecule has 0 aliphatic heterocycles. The molecule has 1 aromatic carbocycles. The first-order valence-corrected chi connectivity index (χ1v) is 6.82. The highest BCUT2D eigenvalue weighted by Gasteiger charge is 2.23. The zero-order valence-corrected chi connectivity index (χ0v) is 12.1. The van der Waals surface area contributed by atoms with E-state index < -0.39 is 0 Å². The second kappa shape index (κ2) is 5.33. The molecule has 0 saturated carbocycles. The van der Waals surface area contributed by atoms with Crippen LogP contribution in [0.4, 0.5) is 4.39 Å². The predicted octanol–water partition coefficient (Wildman–Crippen LogP) is 4.66. The molecular formula is C16H22FNO. The average Bonchev–Trinajstić information content (AvgIpc) is 2.72. The standard InChI is InChI=1S/C16H22FNO/c1-5-18-13(10-16(2,3)4)14-9-11-7-6-8-12(17)15(11)19-14/h6-9,13,18H,5,10H2,1-4H3. The fourth-order valence-electron chi connectivity index (χ4n) is 2.35. The minimum absolute atomic E-state index is 0.122. The third-order valence-electron chi connectivity index (χ3n) is 3.13. The maximum absolute atomic E-state index is 13.7. The quantitative estimate of drug-likeness (QED) is 0.868. The molecule has 1 N–H and O–H groups in total. The second-order valence-corrected chi connectivity index (χ2v) is 6.18. The van der Waals surface area contributed by atoms with Gasteiger partial charge in [0.1, 0.15) is 5.76 Å². The van der Waals surface area contributed by atoms with Crippen molar-refractivity contribution < 1.29 is 8.81 Å². The summed E-state index contributed by atoms with van der Waals surface area (Å²) >= 11 is 0. The Bertz CT molecular complexity index is 553. The first kappa shape index (κ1) is 14.1. The number of para-hydroxylation sites is 1. The van der Waals surface area contributed by atoms with Crippen molar-refractivity contribution in [3.8, 4) is 0 Å². The maximum atomic E-state index is 13.7. The van der Waals surface area contributed by atoms with Gasteiger partial charge in [-0.25, -0.2) is 4.39 Å². The van der Waals surface area contributed by atoms with Gasteiger partial charge in [-0.2, -0.15) is 0 Å². The summed E-state index contributed by atoms with van der Waals surface area (Å²) in [5.41, 5.74) is 0.541. The molecule has 19 heavy (non-hydrogen) atoms. The van der Waals surface area contributed by atoms with Gasteiger partial charge in [-0.1, -0.05) is 39.8 Å². The van der Waals surface area contributed by atoms with Crippen LogP contribution >= 0.6 is 0 Å². The van der Waals surface area contributed by atoms with E-state index in [1.54, 1.807) is 6.07 Å². The van der Waals surface area contributed by atoms with E-state index in [1.165, 1.54) is 6.07 Å². The molecule has 0 fully saturated rings. The van der Waals surface area contributed by atoms with Crippen LogP contribution in [0.15, 0.2) is 28.7 Å². The Morgan fingerprint density at radius 1 is 1.32 bits per heavy atom. The van der Waals surface area contributed by atoms with Crippen LogP contribution in [0.2, 0.25) is 0 Å². The van der Waals surface area contributed by atoms with E-state index in [-0.39, 0.29) is 17.3 Å². The third-order valence-corrected chi connectivity index (χ3v) is 3.13. The molecule has 1 atom stereocenters. The highest BCUT2D eigenvalue weighted by atomic mass is 19.1. The lowest BCUT2D eigenvalue weighted by Crippen LogP contribution is -2.25. The summed E-state index contributed by atoms with van der Waals surface area (Å²) in [7, 11) is 0. The molecule has 0 aliphatic rings. The molecule has 0 saturated heterocycles. The van der Waals surface area contributed by atoms with E-state index in [0.717, 1.165) is 24.1 Å². The Labute approximate surface area is 114 Å². The highest BCUT2D eigenvalue weighted by Crippen LogP contribution is 2.33. The van der Waals surface area contributed by atoms with Gasteiger partial charge in [-0.3, -0.25) is 0 Å². The summed E-state index contributed by atoms with van der Waals surface area (Å²) in [6.45, 7) is 9.51. The molecule has 0 aliphatic carbocycles. The zero-order chi connectivity index (χ0) is 14.0. The van der Waals surface area contributed by atoms with Gasteiger partial charge in [0, 0.05) is 5.39 Å². The van der Waals surface area contributed by atoms with Crippen molar-refractivity contribution in [2.45, 2.75) is 40.2 Å². The van der Waals surface area contributed by atoms with Gasteiger partial charge in [-0.05, 0) is 30.5 Å². The van der Waals surface area contributed by atoms with Crippen molar-refractivity contribution in [2.24, 2.45) is 5.41 Å². The molecule has 2 aromatic rings.